The number of likely N-dealkylation sites (tertiary alicyclic amines) is 1. The van der Waals surface area contributed by atoms with Crippen LogP contribution in [-0.4, -0.2) is 49.2 Å². The molecule has 0 bridgehead atoms. The van der Waals surface area contributed by atoms with Gasteiger partial charge in [-0.15, -0.1) is 0 Å². The second-order valence-electron chi connectivity index (χ2n) is 5.92. The van der Waals surface area contributed by atoms with Crippen molar-refractivity contribution in [3.63, 3.8) is 0 Å². The number of carboxylic acid groups (broad SMARTS) is 1. The molecular formula is C13H20N4O3. The Labute approximate surface area is 117 Å². The van der Waals surface area contributed by atoms with E-state index in [1.54, 1.807) is 6.92 Å². The van der Waals surface area contributed by atoms with E-state index in [0.717, 1.165) is 12.8 Å². The van der Waals surface area contributed by atoms with E-state index in [0.29, 0.717) is 6.54 Å². The van der Waals surface area contributed by atoms with Gasteiger partial charge in [0.2, 0.25) is 5.91 Å². The summed E-state index contributed by atoms with van der Waals surface area (Å²) in [4.78, 5) is 29.4. The van der Waals surface area contributed by atoms with Gasteiger partial charge in [0.1, 0.15) is 24.7 Å². The van der Waals surface area contributed by atoms with E-state index in [1.165, 1.54) is 22.2 Å². The van der Waals surface area contributed by atoms with E-state index < -0.39 is 23.5 Å². The van der Waals surface area contributed by atoms with Crippen LogP contribution in [0.2, 0.25) is 0 Å². The third kappa shape index (κ3) is 2.52. The molecule has 1 aromatic rings. The minimum absolute atomic E-state index is 0.226. The Morgan fingerprint density at radius 2 is 2.15 bits per heavy atom. The first-order chi connectivity index (χ1) is 9.34. The van der Waals surface area contributed by atoms with E-state index in [1.807, 2.05) is 13.8 Å². The molecule has 7 nitrogen and oxygen atoms in total. The molecule has 0 aliphatic carbocycles. The van der Waals surface area contributed by atoms with E-state index in [-0.39, 0.29) is 5.91 Å². The van der Waals surface area contributed by atoms with E-state index in [9.17, 15) is 14.7 Å². The number of aliphatic carboxylic acids is 1. The van der Waals surface area contributed by atoms with Crippen LogP contribution >= 0.6 is 0 Å². The van der Waals surface area contributed by atoms with Gasteiger partial charge in [-0.2, -0.15) is 5.10 Å². The first-order valence-electron chi connectivity index (χ1n) is 6.72. The van der Waals surface area contributed by atoms with Gasteiger partial charge >= 0.3 is 5.97 Å². The number of carbonyl (C=O) groups excluding carboxylic acids is 1. The smallest absolute Gasteiger partial charge is 0.326 e. The van der Waals surface area contributed by atoms with Crippen molar-refractivity contribution in [3.05, 3.63) is 12.7 Å². The summed E-state index contributed by atoms with van der Waals surface area (Å²) in [5.74, 6) is -1.18. The highest BCUT2D eigenvalue weighted by Gasteiger charge is 2.45. The molecule has 1 amide bonds. The van der Waals surface area contributed by atoms with Crippen molar-refractivity contribution < 1.29 is 14.7 Å². The van der Waals surface area contributed by atoms with Crippen LogP contribution in [0.15, 0.2) is 12.7 Å². The van der Waals surface area contributed by atoms with E-state index in [2.05, 4.69) is 10.1 Å². The van der Waals surface area contributed by atoms with Gasteiger partial charge in [0.05, 0.1) is 0 Å². The molecule has 1 aliphatic rings. The molecule has 1 aromatic heterocycles. The molecular weight excluding hydrogens is 260 g/mol. The minimum atomic E-state index is -0.950. The number of amides is 1. The zero-order valence-corrected chi connectivity index (χ0v) is 12.0. The van der Waals surface area contributed by atoms with Crippen molar-refractivity contribution in [1.29, 1.82) is 0 Å². The second kappa shape index (κ2) is 5.22. The predicted molar refractivity (Wildman–Crippen MR) is 70.9 cm³/mol. The van der Waals surface area contributed by atoms with Gasteiger partial charge in [0.25, 0.3) is 0 Å². The fraction of sp³-hybridized carbons (Fsp3) is 0.692. The molecule has 1 saturated heterocycles. The van der Waals surface area contributed by atoms with Gasteiger partial charge in [-0.1, -0.05) is 13.8 Å². The lowest BCUT2D eigenvalue weighted by atomic mass is 9.76. The van der Waals surface area contributed by atoms with Crippen molar-refractivity contribution in [2.24, 2.45) is 5.41 Å². The molecule has 2 heterocycles. The van der Waals surface area contributed by atoms with Crippen molar-refractivity contribution >= 4 is 11.9 Å². The Balaban J connectivity index is 2.25. The standard InChI is InChI=1S/C13H20N4O3/c1-9(17-8-14-7-15-17)11(18)16-6-4-5-13(2,3)10(16)12(19)20/h7-10H,4-6H2,1-3H3,(H,19,20). The zero-order valence-electron chi connectivity index (χ0n) is 12.0. The van der Waals surface area contributed by atoms with Crippen molar-refractivity contribution in [3.8, 4) is 0 Å². The first-order valence-corrected chi connectivity index (χ1v) is 6.72. The molecule has 7 heteroatoms. The van der Waals surface area contributed by atoms with Gasteiger partial charge in [-0.25, -0.2) is 14.5 Å². The molecule has 20 heavy (non-hydrogen) atoms. The number of rotatable bonds is 3. The minimum Gasteiger partial charge on any atom is -0.480 e. The summed E-state index contributed by atoms with van der Waals surface area (Å²) >= 11 is 0. The zero-order chi connectivity index (χ0) is 14.9. The SMILES string of the molecule is CC(C(=O)N1CCCC(C)(C)C1C(=O)O)n1cncn1. The van der Waals surface area contributed by atoms with Gasteiger partial charge in [-0.05, 0) is 25.2 Å². The summed E-state index contributed by atoms with van der Waals surface area (Å²) in [5.41, 5.74) is -0.429. The molecule has 0 aromatic carbocycles. The van der Waals surface area contributed by atoms with Crippen molar-refractivity contribution in [2.45, 2.75) is 45.7 Å². The van der Waals surface area contributed by atoms with Crippen LogP contribution in [0.25, 0.3) is 0 Å². The van der Waals surface area contributed by atoms with Crippen molar-refractivity contribution in [2.75, 3.05) is 6.54 Å². The van der Waals surface area contributed by atoms with Crippen LogP contribution in [0.1, 0.15) is 39.7 Å². The van der Waals surface area contributed by atoms with Gasteiger partial charge < -0.3 is 10.0 Å². The molecule has 1 fully saturated rings. The quantitative estimate of drug-likeness (QED) is 0.890. The van der Waals surface area contributed by atoms with Crippen molar-refractivity contribution in [1.82, 2.24) is 19.7 Å². The molecule has 2 atom stereocenters. The molecule has 2 rings (SSSR count). The first kappa shape index (κ1) is 14.5. The highest BCUT2D eigenvalue weighted by molar-refractivity contribution is 5.86. The number of hydrogen-bond donors (Lipinski definition) is 1. The number of carbonyl (C=O) groups is 2. The number of carboxylic acids is 1. The Morgan fingerprint density at radius 3 is 2.70 bits per heavy atom. The summed E-state index contributed by atoms with van der Waals surface area (Å²) in [6.45, 7) is 5.96. The Kier molecular flexibility index (Phi) is 3.78. The maximum Gasteiger partial charge on any atom is 0.326 e. The predicted octanol–water partition coefficient (Wildman–Crippen LogP) is 0.941. The summed E-state index contributed by atoms with van der Waals surface area (Å²) < 4.78 is 1.45. The topological polar surface area (TPSA) is 88.3 Å². The Bertz CT molecular complexity index is 498. The maximum absolute atomic E-state index is 12.6. The summed E-state index contributed by atoms with van der Waals surface area (Å²) in [6, 6.07) is -1.34. The third-order valence-corrected chi connectivity index (χ3v) is 3.98. The highest BCUT2D eigenvalue weighted by atomic mass is 16.4. The average Bonchev–Trinajstić information content (AvgIpc) is 2.88. The maximum atomic E-state index is 12.6. The van der Waals surface area contributed by atoms with E-state index >= 15 is 0 Å². The second-order valence-corrected chi connectivity index (χ2v) is 5.92. The fourth-order valence-electron chi connectivity index (χ4n) is 2.87. The Hall–Kier alpha value is -1.92. The molecule has 0 spiro atoms. The fourth-order valence-corrected chi connectivity index (χ4v) is 2.87. The summed E-state index contributed by atoms with van der Waals surface area (Å²) in [5, 5.41) is 13.4. The largest absolute Gasteiger partial charge is 0.480 e. The highest BCUT2D eigenvalue weighted by Crippen LogP contribution is 2.36. The lowest BCUT2D eigenvalue weighted by Gasteiger charge is -2.44. The van der Waals surface area contributed by atoms with Gasteiger partial charge in [0.15, 0.2) is 0 Å². The molecule has 110 valence electrons. The number of aromatic nitrogens is 3. The monoisotopic (exact) mass is 280 g/mol. The molecule has 1 aliphatic heterocycles. The normalized spacial score (nSPS) is 23.4. The number of nitrogens with zero attached hydrogens (tertiary/aromatic N) is 4. The Morgan fingerprint density at radius 1 is 1.45 bits per heavy atom. The van der Waals surface area contributed by atoms with Crippen LogP contribution in [0.4, 0.5) is 0 Å². The van der Waals surface area contributed by atoms with Crippen LogP contribution in [0, 0.1) is 5.41 Å². The summed E-state index contributed by atoms with van der Waals surface area (Å²) in [7, 11) is 0. The number of piperidine rings is 1. The third-order valence-electron chi connectivity index (χ3n) is 3.98. The van der Waals surface area contributed by atoms with Crippen LogP contribution in [-0.2, 0) is 9.59 Å². The molecule has 2 unspecified atom stereocenters. The average molecular weight is 280 g/mol. The van der Waals surface area contributed by atoms with Gasteiger partial charge in [-0.3, -0.25) is 4.79 Å². The van der Waals surface area contributed by atoms with Crippen LogP contribution < -0.4 is 0 Å². The van der Waals surface area contributed by atoms with E-state index in [4.69, 9.17) is 0 Å². The summed E-state index contributed by atoms with van der Waals surface area (Å²) in [6.07, 6.45) is 4.43. The lowest BCUT2D eigenvalue weighted by molar-refractivity contribution is -0.160. The van der Waals surface area contributed by atoms with Gasteiger partial charge in [0, 0.05) is 6.54 Å². The molecule has 0 radical (unpaired) electrons. The lowest BCUT2D eigenvalue weighted by Crippen LogP contribution is -2.57. The number of hydrogen-bond acceptors (Lipinski definition) is 4. The molecule has 0 saturated carbocycles. The van der Waals surface area contributed by atoms with Crippen LogP contribution in [0.5, 0.6) is 0 Å². The van der Waals surface area contributed by atoms with Crippen LogP contribution in [0.3, 0.4) is 0 Å². The molecule has 1 N–H and O–H groups in total.